The van der Waals surface area contributed by atoms with E-state index in [2.05, 4.69) is 19.9 Å². The molecule has 0 radical (unpaired) electrons. The Hall–Kier alpha value is -2.99. The molecule has 0 saturated carbocycles. The number of benzene rings is 2. The normalized spacial score (nSPS) is 11.1. The van der Waals surface area contributed by atoms with E-state index >= 15 is 0 Å². The van der Waals surface area contributed by atoms with Crippen molar-refractivity contribution in [3.05, 3.63) is 70.5 Å². The third kappa shape index (κ3) is 3.55. The van der Waals surface area contributed by atoms with Crippen LogP contribution in [-0.4, -0.2) is 27.0 Å². The van der Waals surface area contributed by atoms with Crippen LogP contribution < -0.4 is 4.74 Å². The fourth-order valence-electron chi connectivity index (χ4n) is 3.18. The molecule has 0 aliphatic heterocycles. The fraction of sp³-hybridized carbons (Fsp3) is 0.190. The van der Waals surface area contributed by atoms with Crippen LogP contribution in [0.15, 0.2) is 42.6 Å². The SMILES string of the molecule is COc1c(-c2nccc(CCc3ccc(F)cc3)n2)cc(Cl)c2[nH]c(C)nc12. The number of nitrogens with one attached hydrogen (secondary N) is 1. The molecule has 0 fully saturated rings. The lowest BCUT2D eigenvalue weighted by Crippen LogP contribution is -2.00. The molecule has 0 amide bonds. The number of H-pyrrole nitrogens is 1. The van der Waals surface area contributed by atoms with Gasteiger partial charge in [0.1, 0.15) is 17.2 Å². The lowest BCUT2D eigenvalue weighted by Gasteiger charge is -2.10. The van der Waals surface area contributed by atoms with Gasteiger partial charge in [-0.2, -0.15) is 0 Å². The van der Waals surface area contributed by atoms with Crippen molar-refractivity contribution < 1.29 is 9.13 Å². The molecule has 1 N–H and O–H groups in total. The van der Waals surface area contributed by atoms with Gasteiger partial charge in [0.05, 0.1) is 23.2 Å². The number of hydrogen-bond donors (Lipinski definition) is 1. The Labute approximate surface area is 166 Å². The zero-order valence-electron chi connectivity index (χ0n) is 15.5. The summed E-state index contributed by atoms with van der Waals surface area (Å²) in [4.78, 5) is 16.7. The Bertz CT molecular complexity index is 1140. The summed E-state index contributed by atoms with van der Waals surface area (Å²) in [7, 11) is 1.59. The number of rotatable bonds is 5. The molecule has 2 aromatic heterocycles. The zero-order valence-corrected chi connectivity index (χ0v) is 16.2. The highest BCUT2D eigenvalue weighted by atomic mass is 35.5. The minimum absolute atomic E-state index is 0.235. The first-order valence-electron chi connectivity index (χ1n) is 8.84. The van der Waals surface area contributed by atoms with E-state index in [1.807, 2.05) is 13.0 Å². The molecule has 142 valence electrons. The maximum Gasteiger partial charge on any atom is 0.163 e. The molecule has 0 saturated heterocycles. The number of methoxy groups -OCH3 is 1. The molecule has 0 spiro atoms. The summed E-state index contributed by atoms with van der Waals surface area (Å²) < 4.78 is 18.7. The summed E-state index contributed by atoms with van der Waals surface area (Å²) in [6.07, 6.45) is 3.18. The highest BCUT2D eigenvalue weighted by Gasteiger charge is 2.18. The minimum Gasteiger partial charge on any atom is -0.494 e. The molecule has 4 rings (SSSR count). The summed E-state index contributed by atoms with van der Waals surface area (Å²) in [5.41, 5.74) is 4.01. The van der Waals surface area contributed by atoms with Crippen LogP contribution in [-0.2, 0) is 12.8 Å². The fourth-order valence-corrected chi connectivity index (χ4v) is 3.43. The van der Waals surface area contributed by atoms with Gasteiger partial charge in [0.2, 0.25) is 0 Å². The van der Waals surface area contributed by atoms with Crippen molar-refractivity contribution in [1.82, 2.24) is 19.9 Å². The van der Waals surface area contributed by atoms with Crippen molar-refractivity contribution in [1.29, 1.82) is 0 Å². The van der Waals surface area contributed by atoms with Crippen LogP contribution in [0.5, 0.6) is 5.75 Å². The molecule has 2 aromatic carbocycles. The van der Waals surface area contributed by atoms with Crippen molar-refractivity contribution >= 4 is 22.6 Å². The summed E-state index contributed by atoms with van der Waals surface area (Å²) in [6.45, 7) is 1.86. The summed E-state index contributed by atoms with van der Waals surface area (Å²) in [5.74, 6) is 1.62. The monoisotopic (exact) mass is 396 g/mol. The Morgan fingerprint density at radius 3 is 2.64 bits per heavy atom. The number of imidazole rings is 1. The predicted molar refractivity (Wildman–Crippen MR) is 107 cm³/mol. The molecule has 0 aliphatic rings. The van der Waals surface area contributed by atoms with Crippen molar-refractivity contribution in [2.24, 2.45) is 0 Å². The molecule has 2 heterocycles. The van der Waals surface area contributed by atoms with Crippen LogP contribution in [0.1, 0.15) is 17.1 Å². The van der Waals surface area contributed by atoms with E-state index in [0.29, 0.717) is 34.1 Å². The van der Waals surface area contributed by atoms with Gasteiger partial charge in [0.25, 0.3) is 0 Å². The Kier molecular flexibility index (Phi) is 4.96. The highest BCUT2D eigenvalue weighted by Crippen LogP contribution is 2.38. The van der Waals surface area contributed by atoms with Crippen LogP contribution >= 0.6 is 11.6 Å². The number of fused-ring (bicyclic) bond motifs is 1. The smallest absolute Gasteiger partial charge is 0.163 e. The molecular formula is C21H18ClFN4O. The van der Waals surface area contributed by atoms with Gasteiger partial charge in [-0.3, -0.25) is 0 Å². The van der Waals surface area contributed by atoms with Crippen LogP contribution in [0.25, 0.3) is 22.4 Å². The average molecular weight is 397 g/mol. The van der Waals surface area contributed by atoms with E-state index in [-0.39, 0.29) is 5.82 Å². The molecule has 7 heteroatoms. The van der Waals surface area contributed by atoms with Gasteiger partial charge in [-0.05, 0) is 49.6 Å². The number of aryl methyl sites for hydroxylation is 3. The molecule has 0 aliphatic carbocycles. The van der Waals surface area contributed by atoms with Crippen LogP contribution in [0.3, 0.4) is 0 Å². The standard InChI is InChI=1S/C21H18ClFN4O/c1-12-25-18-17(22)11-16(20(28-2)19(18)26-12)21-24-10-9-15(27-21)8-5-13-3-6-14(23)7-4-13/h3-4,6-7,9-11H,5,8H2,1-2H3,(H,25,26). The first-order chi connectivity index (χ1) is 13.5. The van der Waals surface area contributed by atoms with Crippen LogP contribution in [0.4, 0.5) is 4.39 Å². The van der Waals surface area contributed by atoms with Gasteiger partial charge in [0.15, 0.2) is 11.6 Å². The van der Waals surface area contributed by atoms with Gasteiger partial charge in [-0.1, -0.05) is 23.7 Å². The molecule has 0 unspecified atom stereocenters. The Morgan fingerprint density at radius 1 is 1.11 bits per heavy atom. The summed E-state index contributed by atoms with van der Waals surface area (Å²) in [6, 6.07) is 10.2. The second kappa shape index (κ2) is 7.56. The molecular weight excluding hydrogens is 379 g/mol. The Morgan fingerprint density at radius 2 is 1.89 bits per heavy atom. The van der Waals surface area contributed by atoms with Crippen molar-refractivity contribution in [2.45, 2.75) is 19.8 Å². The van der Waals surface area contributed by atoms with Crippen molar-refractivity contribution in [3.8, 4) is 17.1 Å². The number of ether oxygens (including phenoxy) is 1. The minimum atomic E-state index is -0.235. The zero-order chi connectivity index (χ0) is 19.7. The van der Waals surface area contributed by atoms with E-state index in [4.69, 9.17) is 16.3 Å². The molecule has 0 bridgehead atoms. The number of halogens is 2. The predicted octanol–water partition coefficient (Wildman–Crippen LogP) is 4.91. The quantitative estimate of drug-likeness (QED) is 0.520. The highest BCUT2D eigenvalue weighted by molar-refractivity contribution is 6.35. The topological polar surface area (TPSA) is 63.7 Å². The van der Waals surface area contributed by atoms with E-state index in [0.717, 1.165) is 29.0 Å². The van der Waals surface area contributed by atoms with Crippen molar-refractivity contribution in [3.63, 3.8) is 0 Å². The largest absolute Gasteiger partial charge is 0.494 e. The number of nitrogens with zero attached hydrogens (tertiary/aromatic N) is 3. The lowest BCUT2D eigenvalue weighted by molar-refractivity contribution is 0.420. The maximum atomic E-state index is 13.1. The average Bonchev–Trinajstić information content (AvgIpc) is 3.10. The molecule has 5 nitrogen and oxygen atoms in total. The van der Waals surface area contributed by atoms with Gasteiger partial charge in [-0.25, -0.2) is 19.3 Å². The summed E-state index contributed by atoms with van der Waals surface area (Å²) >= 11 is 6.44. The first-order valence-corrected chi connectivity index (χ1v) is 9.22. The van der Waals surface area contributed by atoms with Crippen molar-refractivity contribution in [2.75, 3.05) is 7.11 Å². The van der Waals surface area contributed by atoms with E-state index in [1.54, 1.807) is 31.5 Å². The van der Waals surface area contributed by atoms with E-state index < -0.39 is 0 Å². The van der Waals surface area contributed by atoms with Gasteiger partial charge < -0.3 is 9.72 Å². The number of aromatic nitrogens is 4. The van der Waals surface area contributed by atoms with E-state index in [1.165, 1.54) is 12.1 Å². The maximum absolute atomic E-state index is 13.1. The van der Waals surface area contributed by atoms with Gasteiger partial charge >= 0.3 is 0 Å². The second-order valence-corrected chi connectivity index (χ2v) is 6.89. The second-order valence-electron chi connectivity index (χ2n) is 6.48. The third-order valence-corrected chi connectivity index (χ3v) is 4.83. The van der Waals surface area contributed by atoms with Gasteiger partial charge in [0, 0.05) is 11.9 Å². The number of aromatic amines is 1. The molecule has 4 aromatic rings. The Balaban J connectivity index is 1.68. The first kappa shape index (κ1) is 18.4. The van der Waals surface area contributed by atoms with Crippen LogP contribution in [0.2, 0.25) is 5.02 Å². The molecule has 0 atom stereocenters. The lowest BCUT2D eigenvalue weighted by atomic mass is 10.1. The summed E-state index contributed by atoms with van der Waals surface area (Å²) in [5, 5.41) is 0.534. The van der Waals surface area contributed by atoms with Gasteiger partial charge in [-0.15, -0.1) is 0 Å². The third-order valence-electron chi connectivity index (χ3n) is 4.53. The molecule has 28 heavy (non-hydrogen) atoms. The van der Waals surface area contributed by atoms with Crippen LogP contribution in [0, 0.1) is 12.7 Å². The van der Waals surface area contributed by atoms with E-state index in [9.17, 15) is 4.39 Å². The number of hydrogen-bond acceptors (Lipinski definition) is 4.